The molecule has 24 aromatic carbocycles. The lowest BCUT2D eigenvalue weighted by atomic mass is 9.81. The van der Waals surface area contributed by atoms with E-state index in [-0.39, 0.29) is 0 Å². The summed E-state index contributed by atoms with van der Waals surface area (Å²) in [5.41, 5.74) is 29.0. The number of para-hydroxylation sites is 3. The van der Waals surface area contributed by atoms with E-state index in [2.05, 4.69) is 537 Å². The number of pyridine rings is 1. The third kappa shape index (κ3) is 16.8. The summed E-state index contributed by atoms with van der Waals surface area (Å²) in [6.07, 6.45) is 12.1. The molecule has 0 atom stereocenters. The van der Waals surface area contributed by atoms with E-state index in [0.717, 1.165) is 51.0 Å². The van der Waals surface area contributed by atoms with Crippen LogP contribution >= 0.6 is 0 Å². The van der Waals surface area contributed by atoms with Crippen LogP contribution in [0.2, 0.25) is 0 Å². The third-order valence-electron chi connectivity index (χ3n) is 28.2. The number of hydrogen-bond donors (Lipinski definition) is 0. The highest BCUT2D eigenvalue weighted by Crippen LogP contribution is 2.56. The Bertz CT molecular complexity index is 8460. The lowest BCUT2D eigenvalue weighted by Gasteiger charge is -2.26. The summed E-state index contributed by atoms with van der Waals surface area (Å²) in [4.78, 5) is 33.3. The van der Waals surface area contributed by atoms with Crippen LogP contribution in [-0.4, -0.2) is 29.9 Å². The molecule has 27 rings (SSSR count). The van der Waals surface area contributed by atoms with Crippen molar-refractivity contribution in [3.05, 3.63) is 565 Å². The van der Waals surface area contributed by atoms with Crippen molar-refractivity contribution in [2.45, 2.75) is 0 Å². The first kappa shape index (κ1) is 88.7. The minimum atomic E-state index is 0.563. The second-order valence-electron chi connectivity index (χ2n) is 36.6. The van der Waals surface area contributed by atoms with Crippen molar-refractivity contribution in [1.29, 1.82) is 0 Å². The molecule has 0 N–H and O–H groups in total. The van der Waals surface area contributed by atoms with E-state index >= 15 is 0 Å². The average Bonchev–Trinajstić information content (AvgIpc) is 0.714. The first-order valence-electron chi connectivity index (χ1n) is 49.7. The number of hydrogen-bond acceptors (Lipinski definition) is 9. The second-order valence-corrected chi connectivity index (χ2v) is 36.6. The van der Waals surface area contributed by atoms with E-state index in [9.17, 15) is 0 Å². The van der Waals surface area contributed by atoms with Crippen molar-refractivity contribution in [2.24, 2.45) is 0 Å². The van der Waals surface area contributed by atoms with Crippen LogP contribution in [0, 0.1) is 0 Å². The molecule has 0 amide bonds. The maximum absolute atomic E-state index is 4.73. The standard InChI is InChI=1S/C47H32N2.C46H31N3.C45H30N4/c1-5-15-33(16-6-1)42-32-43(34-17-7-2-8-18-34)46-40-24-14-13-23-39(40)44-31-38(25-26-41(44)47(46)45(42)35-19-9-3-10-20-35)49(36-21-11-4-12-22-36)37-27-29-48-30-28-37;1-5-15-32(16-6-1)40-30-41(33-17-7-2-8-18-33)45-38-24-14-13-23-37(38)42-29-36(25-26-39(42)46(45)44(40)34-19-9-3-10-20-34)49(35-21-11-4-12-22-35)43-31-47-27-28-48-43;1-5-15-31(16-6-1)39-28-40(32-17-7-2-8-18-32)43-37-24-14-13-23-36(37)41-27-35(25-26-38(41)44(43)42(39)33-19-9-3-10-20-33)49(34-21-11-4-12-22-34)45-47-29-46-30-48-45/h1-32H;1-31H;1-30H. The van der Waals surface area contributed by atoms with Gasteiger partial charge in [0.15, 0.2) is 5.82 Å². The minimum Gasteiger partial charge on any atom is -0.310 e. The lowest BCUT2D eigenvalue weighted by molar-refractivity contribution is 1.01. The van der Waals surface area contributed by atoms with Gasteiger partial charge in [-0.2, -0.15) is 0 Å². The molecular weight excluding hydrogens is 1780 g/mol. The van der Waals surface area contributed by atoms with Crippen LogP contribution in [-0.2, 0) is 0 Å². The number of aromatic nitrogens is 6. The number of fused-ring (bicyclic) bond motifs is 18. The van der Waals surface area contributed by atoms with Gasteiger partial charge in [-0.1, -0.05) is 419 Å². The fourth-order valence-electron chi connectivity index (χ4n) is 21.8. The fraction of sp³-hybridized carbons (Fsp3) is 0. The van der Waals surface area contributed by atoms with Crippen LogP contribution in [0.5, 0.6) is 0 Å². The molecule has 0 radical (unpaired) electrons. The maximum Gasteiger partial charge on any atom is 0.237 e. The Hall–Kier alpha value is -19.7. The lowest BCUT2D eigenvalue weighted by Crippen LogP contribution is -2.13. The molecule has 3 heterocycles. The Morgan fingerprint density at radius 3 is 0.707 bits per heavy atom. The second kappa shape index (κ2) is 39.7. The molecule has 0 saturated heterocycles. The zero-order valence-electron chi connectivity index (χ0n) is 80.2. The summed E-state index contributed by atoms with van der Waals surface area (Å²) in [7, 11) is 0. The number of rotatable bonds is 18. The molecule has 0 aliphatic rings. The highest BCUT2D eigenvalue weighted by atomic mass is 15.3. The van der Waals surface area contributed by atoms with E-state index in [1.54, 1.807) is 25.0 Å². The van der Waals surface area contributed by atoms with Crippen molar-refractivity contribution in [2.75, 3.05) is 14.7 Å². The molecule has 147 heavy (non-hydrogen) atoms. The van der Waals surface area contributed by atoms with Crippen LogP contribution < -0.4 is 14.7 Å². The smallest absolute Gasteiger partial charge is 0.237 e. The molecule has 690 valence electrons. The Kier molecular flexibility index (Phi) is 24.0. The van der Waals surface area contributed by atoms with Crippen LogP contribution in [0.4, 0.5) is 51.6 Å². The van der Waals surface area contributed by atoms with Gasteiger partial charge in [-0.05, 0) is 300 Å². The average molecular weight is 1880 g/mol. The molecule has 0 unspecified atom stereocenters. The molecular formula is C138H93N9. The van der Waals surface area contributed by atoms with Crippen LogP contribution in [0.3, 0.4) is 0 Å². The summed E-state index contributed by atoms with van der Waals surface area (Å²) in [6, 6.07) is 187. The Morgan fingerprint density at radius 1 is 0.143 bits per heavy atom. The number of nitrogens with zero attached hydrogens (tertiary/aromatic N) is 9. The van der Waals surface area contributed by atoms with E-state index in [4.69, 9.17) is 4.98 Å². The van der Waals surface area contributed by atoms with Crippen LogP contribution in [0.1, 0.15) is 0 Å². The maximum atomic E-state index is 4.73. The van der Waals surface area contributed by atoms with Gasteiger partial charge in [0.25, 0.3) is 0 Å². The zero-order valence-corrected chi connectivity index (χ0v) is 80.2. The topological polar surface area (TPSA) is 87.1 Å². The summed E-state index contributed by atoms with van der Waals surface area (Å²) in [5, 5.41) is 22.0. The molecule has 3 aromatic heterocycles. The van der Waals surface area contributed by atoms with Gasteiger partial charge in [-0.15, -0.1) is 0 Å². The minimum absolute atomic E-state index is 0.563. The zero-order chi connectivity index (χ0) is 97.7. The Morgan fingerprint density at radius 2 is 0.395 bits per heavy atom. The SMILES string of the molecule is c1ccc(-c2cc(-c3ccccc3)c3c4ccccc4c4cc(N(c5ccccc5)c5ccncc5)ccc4c3c2-c2ccccc2)cc1.c1ccc(-c2cc(-c3ccccc3)c3c4ccccc4c4cc(N(c5ccccc5)c5cnccn5)ccc4c3c2-c2ccccc2)cc1.c1ccc(-c2cc(-c3ccccc3)c3c4ccccc4c4cc(N(c5ccccc5)c5ncncn5)ccc4c3c2-c2ccccc2)cc1. The fourth-order valence-corrected chi connectivity index (χ4v) is 21.8. The highest BCUT2D eigenvalue weighted by Gasteiger charge is 2.29. The molecule has 0 aliphatic carbocycles. The molecule has 9 heteroatoms. The molecule has 0 saturated carbocycles. The quantitative estimate of drug-likeness (QED) is 0.0780. The Balaban J connectivity index is 0.000000115. The van der Waals surface area contributed by atoms with Gasteiger partial charge in [-0.3, -0.25) is 19.8 Å². The van der Waals surface area contributed by atoms with Gasteiger partial charge in [0, 0.05) is 64.6 Å². The van der Waals surface area contributed by atoms with Gasteiger partial charge in [0.2, 0.25) is 5.95 Å². The van der Waals surface area contributed by atoms with Gasteiger partial charge in [0.1, 0.15) is 12.7 Å². The summed E-state index contributed by atoms with van der Waals surface area (Å²) in [6.45, 7) is 0. The Labute approximate surface area is 852 Å². The largest absolute Gasteiger partial charge is 0.310 e. The predicted molar refractivity (Wildman–Crippen MR) is 617 cm³/mol. The van der Waals surface area contributed by atoms with E-state index < -0.39 is 0 Å². The number of anilines is 9. The van der Waals surface area contributed by atoms with Gasteiger partial charge in [-0.25, -0.2) is 19.9 Å². The third-order valence-corrected chi connectivity index (χ3v) is 28.2. The first-order valence-corrected chi connectivity index (χ1v) is 49.7. The van der Waals surface area contributed by atoms with Crippen molar-refractivity contribution in [1.82, 2.24) is 29.9 Å². The molecule has 0 aliphatic heterocycles. The summed E-state index contributed by atoms with van der Waals surface area (Å²) < 4.78 is 0. The molecule has 27 aromatic rings. The molecule has 0 fully saturated rings. The van der Waals surface area contributed by atoms with Crippen LogP contribution in [0.15, 0.2) is 565 Å². The number of benzene rings is 24. The molecule has 0 bridgehead atoms. The van der Waals surface area contributed by atoms with Crippen molar-refractivity contribution in [3.63, 3.8) is 0 Å². The highest BCUT2D eigenvalue weighted by molar-refractivity contribution is 6.37. The van der Waals surface area contributed by atoms with E-state index in [0.29, 0.717) is 5.95 Å². The normalized spacial score (nSPS) is 11.3. The predicted octanol–water partition coefficient (Wildman–Crippen LogP) is 37.2. The van der Waals surface area contributed by atoms with Crippen molar-refractivity contribution >= 4 is 149 Å². The monoisotopic (exact) mass is 1880 g/mol. The van der Waals surface area contributed by atoms with Gasteiger partial charge in [0.05, 0.1) is 6.20 Å². The first-order chi connectivity index (χ1) is 73.0. The molecule has 9 nitrogen and oxygen atoms in total. The summed E-state index contributed by atoms with van der Waals surface area (Å²) in [5.74, 6) is 1.33. The van der Waals surface area contributed by atoms with Crippen LogP contribution in [0.25, 0.3) is 197 Å². The van der Waals surface area contributed by atoms with Gasteiger partial charge >= 0.3 is 0 Å². The van der Waals surface area contributed by atoms with Crippen molar-refractivity contribution < 1.29 is 0 Å². The molecule has 0 spiro atoms. The summed E-state index contributed by atoms with van der Waals surface area (Å²) >= 11 is 0. The van der Waals surface area contributed by atoms with E-state index in [1.807, 2.05) is 42.9 Å². The van der Waals surface area contributed by atoms with Gasteiger partial charge < -0.3 is 4.90 Å². The van der Waals surface area contributed by atoms with E-state index in [1.165, 1.54) is 192 Å². The van der Waals surface area contributed by atoms with Crippen molar-refractivity contribution in [3.8, 4) is 100 Å².